The van der Waals surface area contributed by atoms with Gasteiger partial charge in [-0.3, -0.25) is 0 Å². The molecule has 1 heterocycles. The van der Waals surface area contributed by atoms with E-state index in [1.54, 1.807) is 19.1 Å². The van der Waals surface area contributed by atoms with Crippen molar-refractivity contribution < 1.29 is 13.5 Å². The lowest BCUT2D eigenvalue weighted by atomic mass is 10.0. The fraction of sp³-hybridized carbons (Fsp3) is 0.455. The summed E-state index contributed by atoms with van der Waals surface area (Å²) >= 11 is 0. The first-order chi connectivity index (χ1) is 7.53. The Morgan fingerprint density at radius 2 is 2.12 bits per heavy atom. The number of hydrogen-bond acceptors (Lipinski definition) is 3. The molecule has 5 heteroatoms. The normalized spacial score (nSPS) is 17.1. The maximum atomic E-state index is 11.7. The zero-order chi connectivity index (χ0) is 11.8. The molecule has 0 fully saturated rings. The molecule has 0 aliphatic carbocycles. The van der Waals surface area contributed by atoms with Crippen LogP contribution in [0.15, 0.2) is 18.2 Å². The maximum absolute atomic E-state index is 11.7. The van der Waals surface area contributed by atoms with Crippen molar-refractivity contribution in [1.82, 2.24) is 4.31 Å². The number of aromatic hydroxyl groups is 1. The van der Waals surface area contributed by atoms with Crippen LogP contribution < -0.4 is 0 Å². The van der Waals surface area contributed by atoms with Crippen LogP contribution >= 0.6 is 0 Å². The summed E-state index contributed by atoms with van der Waals surface area (Å²) in [6.07, 6.45) is 0.717. The van der Waals surface area contributed by atoms with Crippen molar-refractivity contribution in [3.05, 3.63) is 29.3 Å². The van der Waals surface area contributed by atoms with Gasteiger partial charge in [-0.25, -0.2) is 8.42 Å². The third-order valence-electron chi connectivity index (χ3n) is 2.93. The molecule has 0 spiro atoms. The summed E-state index contributed by atoms with van der Waals surface area (Å²) < 4.78 is 24.9. The van der Waals surface area contributed by atoms with Crippen molar-refractivity contribution in [2.24, 2.45) is 0 Å². The van der Waals surface area contributed by atoms with Gasteiger partial charge in [-0.2, -0.15) is 4.31 Å². The predicted octanol–water partition coefficient (Wildman–Crippen LogP) is 1.10. The molecule has 1 aromatic carbocycles. The Balaban J connectivity index is 2.30. The SMILES string of the molecule is CCS(=O)(=O)N1CCc2ccc(O)cc2C1. The van der Waals surface area contributed by atoms with Crippen molar-refractivity contribution in [1.29, 1.82) is 0 Å². The van der Waals surface area contributed by atoms with E-state index in [0.717, 1.165) is 17.5 Å². The standard InChI is InChI=1S/C11H15NO3S/c1-2-16(14,15)12-6-5-9-3-4-11(13)7-10(9)8-12/h3-4,7,13H,2,5-6,8H2,1H3. The van der Waals surface area contributed by atoms with Gasteiger partial charge in [0.15, 0.2) is 0 Å². The molecular formula is C11H15NO3S. The average molecular weight is 241 g/mol. The summed E-state index contributed by atoms with van der Waals surface area (Å²) in [7, 11) is -3.13. The van der Waals surface area contributed by atoms with Gasteiger partial charge in [0, 0.05) is 13.1 Å². The van der Waals surface area contributed by atoms with Crippen LogP contribution in [0, 0.1) is 0 Å². The van der Waals surface area contributed by atoms with Gasteiger partial charge < -0.3 is 5.11 Å². The van der Waals surface area contributed by atoms with Crippen molar-refractivity contribution in [2.75, 3.05) is 12.3 Å². The van der Waals surface area contributed by atoms with Crippen LogP contribution in [0.1, 0.15) is 18.1 Å². The van der Waals surface area contributed by atoms with Gasteiger partial charge in [0.2, 0.25) is 10.0 Å². The molecule has 0 aromatic heterocycles. The van der Waals surface area contributed by atoms with Gasteiger partial charge in [0.25, 0.3) is 0 Å². The molecule has 0 saturated carbocycles. The molecule has 1 aliphatic rings. The van der Waals surface area contributed by atoms with Gasteiger partial charge in [-0.15, -0.1) is 0 Å². The highest BCUT2D eigenvalue weighted by molar-refractivity contribution is 7.89. The number of benzene rings is 1. The summed E-state index contributed by atoms with van der Waals surface area (Å²) in [5.74, 6) is 0.315. The van der Waals surface area contributed by atoms with Gasteiger partial charge in [0.1, 0.15) is 5.75 Å². The molecule has 0 atom stereocenters. The number of hydrogen-bond donors (Lipinski definition) is 1. The van der Waals surface area contributed by atoms with Crippen LogP contribution in [-0.2, 0) is 23.0 Å². The van der Waals surface area contributed by atoms with E-state index in [1.807, 2.05) is 6.07 Å². The Kier molecular flexibility index (Phi) is 2.90. The first kappa shape index (κ1) is 11.4. The fourth-order valence-electron chi connectivity index (χ4n) is 1.94. The van der Waals surface area contributed by atoms with Crippen LogP contribution in [0.4, 0.5) is 0 Å². The molecule has 0 saturated heterocycles. The number of rotatable bonds is 2. The highest BCUT2D eigenvalue weighted by atomic mass is 32.2. The lowest BCUT2D eigenvalue weighted by Crippen LogP contribution is -2.36. The number of phenols is 1. The van der Waals surface area contributed by atoms with Gasteiger partial charge in [0.05, 0.1) is 5.75 Å². The topological polar surface area (TPSA) is 57.6 Å². The number of phenolic OH excluding ortho intramolecular Hbond substituents is 1. The first-order valence-corrected chi connectivity index (χ1v) is 6.92. The lowest BCUT2D eigenvalue weighted by Gasteiger charge is -2.27. The first-order valence-electron chi connectivity index (χ1n) is 5.31. The summed E-state index contributed by atoms with van der Waals surface area (Å²) in [6, 6.07) is 5.15. The quantitative estimate of drug-likeness (QED) is 0.843. The molecule has 0 unspecified atom stereocenters. The molecule has 1 N–H and O–H groups in total. The van der Waals surface area contributed by atoms with E-state index in [2.05, 4.69) is 0 Å². The Morgan fingerprint density at radius 3 is 2.81 bits per heavy atom. The van der Waals surface area contributed by atoms with Crippen molar-refractivity contribution in [3.8, 4) is 5.75 Å². The van der Waals surface area contributed by atoms with Crippen LogP contribution in [0.5, 0.6) is 5.75 Å². The number of nitrogens with zero attached hydrogens (tertiary/aromatic N) is 1. The van der Waals surface area contributed by atoms with E-state index < -0.39 is 10.0 Å². The Morgan fingerprint density at radius 1 is 1.38 bits per heavy atom. The van der Waals surface area contributed by atoms with Gasteiger partial charge >= 0.3 is 0 Å². The third kappa shape index (κ3) is 2.05. The third-order valence-corrected chi connectivity index (χ3v) is 4.75. The summed E-state index contributed by atoms with van der Waals surface area (Å²) in [5, 5.41) is 9.37. The molecule has 1 aliphatic heterocycles. The zero-order valence-electron chi connectivity index (χ0n) is 9.18. The van der Waals surface area contributed by atoms with Crippen LogP contribution in [0.3, 0.4) is 0 Å². The highest BCUT2D eigenvalue weighted by Crippen LogP contribution is 2.24. The maximum Gasteiger partial charge on any atom is 0.214 e. The fourth-order valence-corrected chi connectivity index (χ4v) is 3.01. The van der Waals surface area contributed by atoms with Crippen LogP contribution in [-0.4, -0.2) is 30.1 Å². The summed E-state index contributed by atoms with van der Waals surface area (Å²) in [6.45, 7) is 2.56. The minimum Gasteiger partial charge on any atom is -0.508 e. The second-order valence-corrected chi connectivity index (χ2v) is 6.19. The van der Waals surface area contributed by atoms with E-state index in [4.69, 9.17) is 0 Å². The van der Waals surface area contributed by atoms with Crippen LogP contribution in [0.25, 0.3) is 0 Å². The van der Waals surface area contributed by atoms with E-state index in [9.17, 15) is 13.5 Å². The molecule has 0 amide bonds. The molecule has 2 rings (SSSR count). The largest absolute Gasteiger partial charge is 0.508 e. The molecule has 4 nitrogen and oxygen atoms in total. The molecule has 0 radical (unpaired) electrons. The minimum atomic E-state index is -3.13. The number of sulfonamides is 1. The van der Waals surface area contributed by atoms with Crippen molar-refractivity contribution in [3.63, 3.8) is 0 Å². The van der Waals surface area contributed by atoms with E-state index in [0.29, 0.717) is 13.1 Å². The lowest BCUT2D eigenvalue weighted by molar-refractivity contribution is 0.389. The highest BCUT2D eigenvalue weighted by Gasteiger charge is 2.25. The minimum absolute atomic E-state index is 0.126. The smallest absolute Gasteiger partial charge is 0.214 e. The van der Waals surface area contributed by atoms with Gasteiger partial charge in [-0.1, -0.05) is 6.07 Å². The molecule has 16 heavy (non-hydrogen) atoms. The Hall–Kier alpha value is -1.07. The predicted molar refractivity (Wildman–Crippen MR) is 61.7 cm³/mol. The average Bonchev–Trinajstić information content (AvgIpc) is 2.28. The molecule has 88 valence electrons. The molecule has 1 aromatic rings. The Bertz CT molecular complexity index is 496. The zero-order valence-corrected chi connectivity index (χ0v) is 10.00. The Labute approximate surface area is 95.6 Å². The van der Waals surface area contributed by atoms with Crippen molar-refractivity contribution >= 4 is 10.0 Å². The monoisotopic (exact) mass is 241 g/mol. The van der Waals surface area contributed by atoms with Crippen LogP contribution in [0.2, 0.25) is 0 Å². The second-order valence-electron chi connectivity index (χ2n) is 3.94. The van der Waals surface area contributed by atoms with Crippen molar-refractivity contribution in [2.45, 2.75) is 19.9 Å². The van der Waals surface area contributed by atoms with E-state index in [1.165, 1.54) is 4.31 Å². The van der Waals surface area contributed by atoms with Gasteiger partial charge in [-0.05, 0) is 36.6 Å². The summed E-state index contributed by atoms with van der Waals surface area (Å²) in [5.41, 5.74) is 2.03. The molecule has 0 bridgehead atoms. The van der Waals surface area contributed by atoms with E-state index in [-0.39, 0.29) is 11.5 Å². The second kappa shape index (κ2) is 4.07. The summed E-state index contributed by atoms with van der Waals surface area (Å²) in [4.78, 5) is 0. The van der Waals surface area contributed by atoms with E-state index >= 15 is 0 Å². The number of fused-ring (bicyclic) bond motifs is 1. The molecular weight excluding hydrogens is 226 g/mol.